The first-order valence-electron chi connectivity index (χ1n) is 6.70. The molecule has 0 fully saturated rings. The summed E-state index contributed by atoms with van der Waals surface area (Å²) in [6, 6.07) is 0. The predicted octanol–water partition coefficient (Wildman–Crippen LogP) is 2.49. The molecule has 0 saturated carbocycles. The highest BCUT2D eigenvalue weighted by atomic mass is 32.1. The summed E-state index contributed by atoms with van der Waals surface area (Å²) < 4.78 is 5.24. The van der Waals surface area contributed by atoms with E-state index in [1.54, 1.807) is 11.3 Å². The van der Waals surface area contributed by atoms with Crippen LogP contribution in [-0.2, 0) is 12.8 Å². The highest BCUT2D eigenvalue weighted by Gasteiger charge is 2.08. The predicted molar refractivity (Wildman–Crippen MR) is 75.2 cm³/mol. The molecule has 0 radical (unpaired) electrons. The minimum absolute atomic E-state index is 0.662. The van der Waals surface area contributed by atoms with Crippen LogP contribution in [0.1, 0.15) is 48.1 Å². The molecule has 0 aliphatic rings. The third-order valence-corrected chi connectivity index (χ3v) is 3.80. The Kier molecular flexibility index (Phi) is 5.47. The van der Waals surface area contributed by atoms with Crippen molar-refractivity contribution in [1.29, 1.82) is 0 Å². The molecule has 2 N–H and O–H groups in total. The lowest BCUT2D eigenvalue weighted by atomic mass is 10.1. The van der Waals surface area contributed by atoms with Crippen LogP contribution in [0.25, 0.3) is 0 Å². The molecular weight excluding hydrogens is 260 g/mol. The van der Waals surface area contributed by atoms with Gasteiger partial charge in [0, 0.05) is 17.5 Å². The zero-order valence-corrected chi connectivity index (χ0v) is 12.1. The maximum Gasteiger partial charge on any atom is 0.226 e. The SMILES string of the molecule is Cc1csc(Cc2noc(CCCCCCN)n2)n1. The molecule has 0 unspecified atom stereocenters. The van der Waals surface area contributed by atoms with E-state index in [4.69, 9.17) is 10.3 Å². The van der Waals surface area contributed by atoms with Crippen molar-refractivity contribution in [3.63, 3.8) is 0 Å². The first-order chi connectivity index (χ1) is 9.28. The fourth-order valence-electron chi connectivity index (χ4n) is 1.86. The van der Waals surface area contributed by atoms with Crippen LogP contribution in [0.3, 0.4) is 0 Å². The summed E-state index contributed by atoms with van der Waals surface area (Å²) in [4.78, 5) is 8.79. The Labute approximate surface area is 117 Å². The van der Waals surface area contributed by atoms with E-state index in [0.29, 0.717) is 6.42 Å². The van der Waals surface area contributed by atoms with Crippen LogP contribution in [0.15, 0.2) is 9.90 Å². The van der Waals surface area contributed by atoms with Gasteiger partial charge < -0.3 is 10.3 Å². The van der Waals surface area contributed by atoms with E-state index in [2.05, 4.69) is 15.1 Å². The first kappa shape index (κ1) is 14.1. The van der Waals surface area contributed by atoms with Gasteiger partial charge in [-0.05, 0) is 26.3 Å². The Morgan fingerprint density at radius 3 is 2.79 bits per heavy atom. The average molecular weight is 280 g/mol. The van der Waals surface area contributed by atoms with Crippen LogP contribution in [0.2, 0.25) is 0 Å². The number of nitrogens with two attached hydrogens (primary N) is 1. The van der Waals surface area contributed by atoms with Gasteiger partial charge in [0.05, 0.1) is 6.42 Å². The summed E-state index contributed by atoms with van der Waals surface area (Å²) in [5.41, 5.74) is 6.50. The Bertz CT molecular complexity index is 494. The van der Waals surface area contributed by atoms with Crippen molar-refractivity contribution < 1.29 is 4.52 Å². The molecule has 6 heteroatoms. The van der Waals surface area contributed by atoms with E-state index in [0.717, 1.165) is 48.2 Å². The van der Waals surface area contributed by atoms with Crippen molar-refractivity contribution in [1.82, 2.24) is 15.1 Å². The van der Waals surface area contributed by atoms with Crippen LogP contribution in [0.5, 0.6) is 0 Å². The number of hydrogen-bond donors (Lipinski definition) is 1. The van der Waals surface area contributed by atoms with Crippen LogP contribution >= 0.6 is 11.3 Å². The molecule has 0 spiro atoms. The lowest BCUT2D eigenvalue weighted by Crippen LogP contribution is -1.98. The number of hydrogen-bond acceptors (Lipinski definition) is 6. The van der Waals surface area contributed by atoms with E-state index in [1.165, 1.54) is 12.8 Å². The Hall–Kier alpha value is -1.27. The van der Waals surface area contributed by atoms with Crippen molar-refractivity contribution in [2.24, 2.45) is 5.73 Å². The van der Waals surface area contributed by atoms with Gasteiger partial charge in [-0.25, -0.2) is 4.98 Å². The summed E-state index contributed by atoms with van der Waals surface area (Å²) in [7, 11) is 0. The molecule has 0 aromatic carbocycles. The second-order valence-electron chi connectivity index (χ2n) is 4.62. The number of aromatic nitrogens is 3. The molecule has 0 saturated heterocycles. The van der Waals surface area contributed by atoms with Gasteiger partial charge in [0.25, 0.3) is 0 Å². The quantitative estimate of drug-likeness (QED) is 0.752. The molecule has 2 heterocycles. The normalized spacial score (nSPS) is 11.1. The topological polar surface area (TPSA) is 77.8 Å². The fraction of sp³-hybridized carbons (Fsp3) is 0.615. The minimum Gasteiger partial charge on any atom is -0.339 e. The Morgan fingerprint density at radius 1 is 1.21 bits per heavy atom. The molecule has 2 aromatic rings. The number of nitrogens with zero attached hydrogens (tertiary/aromatic N) is 3. The molecule has 5 nitrogen and oxygen atoms in total. The smallest absolute Gasteiger partial charge is 0.226 e. The molecule has 104 valence electrons. The molecule has 2 rings (SSSR count). The van der Waals surface area contributed by atoms with Crippen molar-refractivity contribution in [3.8, 4) is 0 Å². The summed E-state index contributed by atoms with van der Waals surface area (Å²) in [5, 5.41) is 7.07. The van der Waals surface area contributed by atoms with Crippen molar-refractivity contribution in [2.75, 3.05) is 6.54 Å². The van der Waals surface area contributed by atoms with Gasteiger partial charge >= 0.3 is 0 Å². The minimum atomic E-state index is 0.662. The van der Waals surface area contributed by atoms with Crippen molar-refractivity contribution in [3.05, 3.63) is 27.8 Å². The van der Waals surface area contributed by atoms with Crippen LogP contribution in [0, 0.1) is 6.92 Å². The van der Waals surface area contributed by atoms with E-state index in [9.17, 15) is 0 Å². The maximum atomic E-state index is 5.45. The van der Waals surface area contributed by atoms with Gasteiger partial charge in [0.1, 0.15) is 5.01 Å². The third kappa shape index (κ3) is 4.72. The average Bonchev–Trinajstić information content (AvgIpc) is 2.99. The van der Waals surface area contributed by atoms with E-state index in [1.807, 2.05) is 12.3 Å². The lowest BCUT2D eigenvalue weighted by Gasteiger charge is -1.96. The van der Waals surface area contributed by atoms with Gasteiger partial charge in [-0.1, -0.05) is 18.0 Å². The zero-order valence-electron chi connectivity index (χ0n) is 11.3. The second kappa shape index (κ2) is 7.35. The number of unbranched alkanes of at least 4 members (excludes halogenated alkanes) is 3. The summed E-state index contributed by atoms with van der Waals surface area (Å²) in [5.74, 6) is 1.46. The number of aryl methyl sites for hydroxylation is 2. The van der Waals surface area contributed by atoms with Gasteiger partial charge in [0.15, 0.2) is 5.82 Å². The Balaban J connectivity index is 1.75. The van der Waals surface area contributed by atoms with Crippen molar-refractivity contribution in [2.45, 2.75) is 45.4 Å². The van der Waals surface area contributed by atoms with Crippen LogP contribution < -0.4 is 5.73 Å². The molecule has 0 aliphatic heterocycles. The standard InChI is InChI=1S/C13H20N4OS/c1-10-9-19-13(15-10)8-11-16-12(18-17-11)6-4-2-3-5-7-14/h9H,2-8,14H2,1H3. The second-order valence-corrected chi connectivity index (χ2v) is 5.56. The molecule has 0 atom stereocenters. The maximum absolute atomic E-state index is 5.45. The summed E-state index contributed by atoms with van der Waals surface area (Å²) >= 11 is 1.64. The molecule has 0 bridgehead atoms. The molecule has 2 aromatic heterocycles. The van der Waals surface area contributed by atoms with Gasteiger partial charge in [-0.2, -0.15) is 4.98 Å². The Morgan fingerprint density at radius 2 is 2.05 bits per heavy atom. The third-order valence-electron chi connectivity index (χ3n) is 2.83. The molecular formula is C13H20N4OS. The van der Waals surface area contributed by atoms with E-state index >= 15 is 0 Å². The fourth-order valence-corrected chi connectivity index (χ4v) is 2.63. The zero-order chi connectivity index (χ0) is 13.5. The lowest BCUT2D eigenvalue weighted by molar-refractivity contribution is 0.369. The highest BCUT2D eigenvalue weighted by Crippen LogP contribution is 2.13. The number of thiazole rings is 1. The molecule has 19 heavy (non-hydrogen) atoms. The van der Waals surface area contributed by atoms with E-state index < -0.39 is 0 Å². The van der Waals surface area contributed by atoms with Crippen LogP contribution in [0.4, 0.5) is 0 Å². The number of rotatable bonds is 8. The monoisotopic (exact) mass is 280 g/mol. The van der Waals surface area contributed by atoms with Crippen molar-refractivity contribution >= 4 is 11.3 Å². The summed E-state index contributed by atoms with van der Waals surface area (Å²) in [6.45, 7) is 2.76. The van der Waals surface area contributed by atoms with Crippen LogP contribution in [-0.4, -0.2) is 21.7 Å². The highest BCUT2D eigenvalue weighted by molar-refractivity contribution is 7.09. The first-order valence-corrected chi connectivity index (χ1v) is 7.58. The van der Waals surface area contributed by atoms with Gasteiger partial charge in [-0.15, -0.1) is 11.3 Å². The van der Waals surface area contributed by atoms with E-state index in [-0.39, 0.29) is 0 Å². The molecule has 0 aliphatic carbocycles. The van der Waals surface area contributed by atoms with Gasteiger partial charge in [0.2, 0.25) is 5.89 Å². The largest absolute Gasteiger partial charge is 0.339 e. The van der Waals surface area contributed by atoms with Gasteiger partial charge in [-0.3, -0.25) is 0 Å². The summed E-state index contributed by atoms with van der Waals surface area (Å²) in [6.07, 6.45) is 6.04. The molecule has 0 amide bonds.